The van der Waals surface area contributed by atoms with E-state index in [1.54, 1.807) is 12.3 Å². The highest BCUT2D eigenvalue weighted by atomic mass is 16.5. The Balaban J connectivity index is 1.33. The number of rotatable bonds is 5. The van der Waals surface area contributed by atoms with Crippen LogP contribution in [0.15, 0.2) is 42.6 Å². The number of carbonyl (C=O) groups is 1. The molecule has 4 rings (SSSR count). The topological polar surface area (TPSA) is 57.7 Å². The first-order valence-corrected chi connectivity index (χ1v) is 9.21. The van der Waals surface area contributed by atoms with E-state index in [2.05, 4.69) is 44.4 Å². The molecule has 0 spiro atoms. The molecule has 1 aromatic heterocycles. The van der Waals surface area contributed by atoms with Crippen LogP contribution in [0.25, 0.3) is 0 Å². The maximum absolute atomic E-state index is 12.3. The fraction of sp³-hybridized carbons (Fsp3) is 0.400. The summed E-state index contributed by atoms with van der Waals surface area (Å²) in [4.78, 5) is 21.2. The Morgan fingerprint density at radius 3 is 2.77 bits per heavy atom. The molecule has 26 heavy (non-hydrogen) atoms. The van der Waals surface area contributed by atoms with Crippen LogP contribution in [0.2, 0.25) is 0 Å². The number of fused-ring (bicyclic) bond motifs is 1. The summed E-state index contributed by atoms with van der Waals surface area (Å²) in [6.45, 7) is 5.83. The van der Waals surface area contributed by atoms with Crippen LogP contribution in [0.5, 0.6) is 0 Å². The first-order chi connectivity index (χ1) is 12.8. The summed E-state index contributed by atoms with van der Waals surface area (Å²) in [5.41, 5.74) is 4.08. The van der Waals surface area contributed by atoms with Gasteiger partial charge < -0.3 is 15.0 Å². The number of ether oxygens (including phenoxy) is 1. The van der Waals surface area contributed by atoms with Gasteiger partial charge in [-0.3, -0.25) is 9.69 Å². The lowest BCUT2D eigenvalue weighted by Crippen LogP contribution is -2.41. The quantitative estimate of drug-likeness (QED) is 0.890. The van der Waals surface area contributed by atoms with Gasteiger partial charge in [0.2, 0.25) is 0 Å². The summed E-state index contributed by atoms with van der Waals surface area (Å²) in [6, 6.07) is 12.2. The molecule has 3 heterocycles. The molecule has 2 aromatic rings. The van der Waals surface area contributed by atoms with Gasteiger partial charge >= 0.3 is 0 Å². The van der Waals surface area contributed by atoms with Crippen LogP contribution in [0.4, 0.5) is 11.4 Å². The fourth-order valence-corrected chi connectivity index (χ4v) is 3.53. The number of amides is 1. The molecule has 2 aliphatic heterocycles. The van der Waals surface area contributed by atoms with Gasteiger partial charge in [0.15, 0.2) is 0 Å². The standard InChI is InChI=1S/C20H24N4O2/c25-20(21-8-10-23-11-13-26-14-12-23)18-6-5-17(15-22-18)24-9-7-16-3-1-2-4-19(16)24/h1-6,15H,7-14H2,(H,21,25). The second-order valence-electron chi connectivity index (χ2n) is 6.64. The SMILES string of the molecule is O=C(NCCN1CCOCC1)c1ccc(N2CCc3ccccc32)cn1. The summed E-state index contributed by atoms with van der Waals surface area (Å²) in [5.74, 6) is -0.119. The van der Waals surface area contributed by atoms with Gasteiger partial charge in [0.25, 0.3) is 5.91 Å². The Bertz CT molecular complexity index is 757. The minimum Gasteiger partial charge on any atom is -0.379 e. The van der Waals surface area contributed by atoms with E-state index in [0.29, 0.717) is 12.2 Å². The lowest BCUT2D eigenvalue weighted by atomic mass is 10.2. The Kier molecular flexibility index (Phi) is 5.13. The van der Waals surface area contributed by atoms with Crippen molar-refractivity contribution >= 4 is 17.3 Å². The predicted molar refractivity (Wildman–Crippen MR) is 101 cm³/mol. The van der Waals surface area contributed by atoms with Gasteiger partial charge in [-0.25, -0.2) is 4.98 Å². The maximum Gasteiger partial charge on any atom is 0.269 e. The van der Waals surface area contributed by atoms with Crippen LogP contribution in [0.1, 0.15) is 16.1 Å². The Morgan fingerprint density at radius 1 is 1.12 bits per heavy atom. The molecule has 1 fully saturated rings. The van der Waals surface area contributed by atoms with E-state index < -0.39 is 0 Å². The molecular weight excluding hydrogens is 328 g/mol. The van der Waals surface area contributed by atoms with Crippen molar-refractivity contribution < 1.29 is 9.53 Å². The average Bonchev–Trinajstić information content (AvgIpc) is 3.13. The minimum atomic E-state index is -0.119. The van der Waals surface area contributed by atoms with Gasteiger partial charge in [0.1, 0.15) is 5.69 Å². The molecule has 1 saturated heterocycles. The van der Waals surface area contributed by atoms with Crippen molar-refractivity contribution in [2.24, 2.45) is 0 Å². The minimum absolute atomic E-state index is 0.119. The average molecular weight is 352 g/mol. The Morgan fingerprint density at radius 2 is 1.96 bits per heavy atom. The van der Waals surface area contributed by atoms with E-state index in [9.17, 15) is 4.79 Å². The number of nitrogens with one attached hydrogen (secondary N) is 1. The zero-order valence-corrected chi connectivity index (χ0v) is 14.9. The van der Waals surface area contributed by atoms with Gasteiger partial charge in [0.05, 0.1) is 25.1 Å². The lowest BCUT2D eigenvalue weighted by Gasteiger charge is -2.26. The fourth-order valence-electron chi connectivity index (χ4n) is 3.53. The van der Waals surface area contributed by atoms with E-state index >= 15 is 0 Å². The van der Waals surface area contributed by atoms with Crippen LogP contribution in [0.3, 0.4) is 0 Å². The molecule has 0 unspecified atom stereocenters. The molecule has 2 aliphatic rings. The van der Waals surface area contributed by atoms with Crippen molar-refractivity contribution in [2.75, 3.05) is 50.8 Å². The van der Waals surface area contributed by atoms with E-state index in [4.69, 9.17) is 4.74 Å². The van der Waals surface area contributed by atoms with Crippen LogP contribution < -0.4 is 10.2 Å². The zero-order chi connectivity index (χ0) is 17.8. The number of morpholine rings is 1. The maximum atomic E-state index is 12.3. The van der Waals surface area contributed by atoms with E-state index in [1.807, 2.05) is 6.07 Å². The zero-order valence-electron chi connectivity index (χ0n) is 14.9. The third kappa shape index (κ3) is 3.71. The summed E-state index contributed by atoms with van der Waals surface area (Å²) in [5, 5.41) is 2.95. The third-order valence-corrected chi connectivity index (χ3v) is 5.00. The summed E-state index contributed by atoms with van der Waals surface area (Å²) in [7, 11) is 0. The van der Waals surface area contributed by atoms with Crippen LogP contribution >= 0.6 is 0 Å². The molecule has 6 heteroatoms. The molecule has 0 aliphatic carbocycles. The molecule has 1 amide bonds. The molecule has 0 atom stereocenters. The van der Waals surface area contributed by atoms with Crippen molar-refractivity contribution in [3.05, 3.63) is 53.9 Å². The van der Waals surface area contributed by atoms with Crippen molar-refractivity contribution in [3.63, 3.8) is 0 Å². The number of hydrogen-bond acceptors (Lipinski definition) is 5. The first kappa shape index (κ1) is 17.0. The second-order valence-corrected chi connectivity index (χ2v) is 6.64. The number of pyridine rings is 1. The van der Waals surface area contributed by atoms with Crippen LogP contribution in [0, 0.1) is 0 Å². The number of hydrogen-bond donors (Lipinski definition) is 1. The molecule has 6 nitrogen and oxygen atoms in total. The predicted octanol–water partition coefficient (Wildman–Crippen LogP) is 1.84. The molecule has 136 valence electrons. The van der Waals surface area contributed by atoms with Crippen molar-refractivity contribution in [2.45, 2.75) is 6.42 Å². The number of para-hydroxylation sites is 1. The van der Waals surface area contributed by atoms with E-state index in [0.717, 1.165) is 51.5 Å². The number of benzene rings is 1. The largest absolute Gasteiger partial charge is 0.379 e. The van der Waals surface area contributed by atoms with Gasteiger partial charge in [-0.1, -0.05) is 18.2 Å². The number of nitrogens with zero attached hydrogens (tertiary/aromatic N) is 3. The smallest absolute Gasteiger partial charge is 0.269 e. The molecule has 1 N–H and O–H groups in total. The summed E-state index contributed by atoms with van der Waals surface area (Å²) < 4.78 is 5.33. The van der Waals surface area contributed by atoms with Crippen LogP contribution in [-0.2, 0) is 11.2 Å². The number of carbonyl (C=O) groups excluding carboxylic acids is 1. The van der Waals surface area contributed by atoms with Gasteiger partial charge in [-0.2, -0.15) is 0 Å². The molecule has 1 aromatic carbocycles. The van der Waals surface area contributed by atoms with E-state index in [1.165, 1.54) is 11.3 Å². The van der Waals surface area contributed by atoms with E-state index in [-0.39, 0.29) is 5.91 Å². The Hall–Kier alpha value is -2.44. The molecular formula is C20H24N4O2. The number of anilines is 2. The van der Waals surface area contributed by atoms with Gasteiger partial charge in [-0.05, 0) is 30.2 Å². The summed E-state index contributed by atoms with van der Waals surface area (Å²) >= 11 is 0. The lowest BCUT2D eigenvalue weighted by molar-refractivity contribution is 0.0383. The van der Waals surface area contributed by atoms with Crippen molar-refractivity contribution in [1.29, 1.82) is 0 Å². The number of aromatic nitrogens is 1. The molecule has 0 bridgehead atoms. The normalized spacial score (nSPS) is 17.2. The van der Waals surface area contributed by atoms with Crippen LogP contribution in [-0.4, -0.2) is 61.7 Å². The molecule has 0 radical (unpaired) electrons. The second kappa shape index (κ2) is 7.85. The van der Waals surface area contributed by atoms with Gasteiger partial charge in [-0.15, -0.1) is 0 Å². The highest BCUT2D eigenvalue weighted by molar-refractivity contribution is 5.92. The monoisotopic (exact) mass is 352 g/mol. The highest BCUT2D eigenvalue weighted by Gasteiger charge is 2.20. The van der Waals surface area contributed by atoms with Gasteiger partial charge in [0, 0.05) is 38.4 Å². The van der Waals surface area contributed by atoms with Crippen molar-refractivity contribution in [3.8, 4) is 0 Å². The first-order valence-electron chi connectivity index (χ1n) is 9.21. The summed E-state index contributed by atoms with van der Waals surface area (Å²) in [6.07, 6.45) is 2.83. The molecule has 0 saturated carbocycles. The third-order valence-electron chi connectivity index (χ3n) is 5.00. The highest BCUT2D eigenvalue weighted by Crippen LogP contribution is 2.33. The Labute approximate surface area is 153 Å². The van der Waals surface area contributed by atoms with Crippen molar-refractivity contribution in [1.82, 2.24) is 15.2 Å².